The van der Waals surface area contributed by atoms with Gasteiger partial charge in [0.2, 0.25) is 0 Å². The Morgan fingerprint density at radius 1 is 1.07 bits per heavy atom. The van der Waals surface area contributed by atoms with Crippen LogP contribution in [-0.4, -0.2) is 13.2 Å². The molecule has 1 aliphatic heterocycles. The van der Waals surface area contributed by atoms with Crippen LogP contribution < -0.4 is 0 Å². The van der Waals surface area contributed by atoms with Crippen molar-refractivity contribution in [2.24, 2.45) is 0 Å². The molecule has 1 aromatic carbocycles. The molecular weight excluding hydrogens is 252 g/mol. The molecule has 1 unspecified atom stereocenters. The Hall–Kier alpha value is -0.340. The van der Waals surface area contributed by atoms with E-state index in [1.807, 2.05) is 0 Å². The highest BCUT2D eigenvalue weighted by Gasteiger charge is 2.29. The fraction of sp³-hybridized carbons (Fsp3) is 0.538. The molecule has 0 spiro atoms. The standard InChI is InChI=1S/C13H15BrO/c14-11-3-4-12(10-5-6-15-8-10)13(7-11)9-1-2-9/h3-4,7,9-10H,1-2,5-6,8H2. The average molecular weight is 267 g/mol. The predicted octanol–water partition coefficient (Wildman–Crippen LogP) is 3.83. The molecule has 1 atom stereocenters. The molecule has 0 aromatic heterocycles. The second-order valence-corrected chi connectivity index (χ2v) is 5.52. The topological polar surface area (TPSA) is 9.23 Å². The van der Waals surface area contributed by atoms with Crippen LogP contribution in [0.25, 0.3) is 0 Å². The third-order valence-corrected chi connectivity index (χ3v) is 3.93. The van der Waals surface area contributed by atoms with Gasteiger partial charge in [-0.15, -0.1) is 0 Å². The van der Waals surface area contributed by atoms with Crippen LogP contribution >= 0.6 is 15.9 Å². The van der Waals surface area contributed by atoms with Gasteiger partial charge in [-0.05, 0) is 48.4 Å². The zero-order valence-corrected chi connectivity index (χ0v) is 10.3. The van der Waals surface area contributed by atoms with Gasteiger partial charge in [0, 0.05) is 17.0 Å². The van der Waals surface area contributed by atoms with Crippen molar-refractivity contribution in [3.8, 4) is 0 Å². The number of halogens is 1. The highest BCUT2D eigenvalue weighted by Crippen LogP contribution is 2.45. The number of hydrogen-bond donors (Lipinski definition) is 0. The zero-order chi connectivity index (χ0) is 10.3. The SMILES string of the molecule is Brc1ccc(C2CCOC2)c(C2CC2)c1. The van der Waals surface area contributed by atoms with Crippen LogP contribution in [0.15, 0.2) is 22.7 Å². The Morgan fingerprint density at radius 2 is 1.93 bits per heavy atom. The minimum absolute atomic E-state index is 0.647. The molecule has 15 heavy (non-hydrogen) atoms. The van der Waals surface area contributed by atoms with Crippen molar-refractivity contribution in [3.63, 3.8) is 0 Å². The van der Waals surface area contributed by atoms with E-state index in [1.54, 1.807) is 11.1 Å². The number of rotatable bonds is 2. The van der Waals surface area contributed by atoms with E-state index in [2.05, 4.69) is 34.1 Å². The van der Waals surface area contributed by atoms with E-state index >= 15 is 0 Å². The third kappa shape index (κ3) is 1.98. The van der Waals surface area contributed by atoms with Gasteiger partial charge in [-0.1, -0.05) is 22.0 Å². The van der Waals surface area contributed by atoms with Gasteiger partial charge in [0.1, 0.15) is 0 Å². The van der Waals surface area contributed by atoms with Gasteiger partial charge in [0.15, 0.2) is 0 Å². The second-order valence-electron chi connectivity index (χ2n) is 4.61. The lowest BCUT2D eigenvalue weighted by Gasteiger charge is -2.14. The first kappa shape index (κ1) is 9.86. The van der Waals surface area contributed by atoms with Crippen LogP contribution in [0.4, 0.5) is 0 Å². The van der Waals surface area contributed by atoms with Gasteiger partial charge in [0.25, 0.3) is 0 Å². The molecule has 0 amide bonds. The van der Waals surface area contributed by atoms with Crippen molar-refractivity contribution in [2.75, 3.05) is 13.2 Å². The Bertz CT molecular complexity index is 365. The maximum absolute atomic E-state index is 5.49. The van der Waals surface area contributed by atoms with E-state index in [1.165, 1.54) is 23.7 Å². The summed E-state index contributed by atoms with van der Waals surface area (Å²) < 4.78 is 6.70. The maximum Gasteiger partial charge on any atom is 0.0535 e. The molecule has 1 aliphatic carbocycles. The van der Waals surface area contributed by atoms with E-state index in [0.29, 0.717) is 5.92 Å². The molecule has 80 valence electrons. The lowest BCUT2D eigenvalue weighted by Crippen LogP contribution is -2.01. The van der Waals surface area contributed by atoms with Crippen molar-refractivity contribution < 1.29 is 4.74 Å². The Kier molecular flexibility index (Phi) is 2.57. The molecule has 1 nitrogen and oxygen atoms in total. The molecule has 1 aromatic rings. The monoisotopic (exact) mass is 266 g/mol. The molecule has 1 heterocycles. The minimum atomic E-state index is 0.647. The van der Waals surface area contributed by atoms with Gasteiger partial charge < -0.3 is 4.74 Å². The number of benzene rings is 1. The molecular formula is C13H15BrO. The van der Waals surface area contributed by atoms with Gasteiger partial charge >= 0.3 is 0 Å². The first-order chi connectivity index (χ1) is 7.34. The van der Waals surface area contributed by atoms with E-state index in [0.717, 1.165) is 19.1 Å². The van der Waals surface area contributed by atoms with Crippen LogP contribution in [0.1, 0.15) is 42.2 Å². The van der Waals surface area contributed by atoms with Crippen LogP contribution in [0, 0.1) is 0 Å². The molecule has 1 saturated carbocycles. The summed E-state index contributed by atoms with van der Waals surface area (Å²) in [6.07, 6.45) is 3.94. The van der Waals surface area contributed by atoms with E-state index in [-0.39, 0.29) is 0 Å². The molecule has 0 N–H and O–H groups in total. The second kappa shape index (κ2) is 3.91. The predicted molar refractivity (Wildman–Crippen MR) is 64.3 cm³/mol. The summed E-state index contributed by atoms with van der Waals surface area (Å²) >= 11 is 3.57. The van der Waals surface area contributed by atoms with Crippen molar-refractivity contribution in [3.05, 3.63) is 33.8 Å². The molecule has 2 aliphatic rings. The lowest BCUT2D eigenvalue weighted by atomic mass is 9.91. The summed E-state index contributed by atoms with van der Waals surface area (Å²) in [6, 6.07) is 6.77. The summed E-state index contributed by atoms with van der Waals surface area (Å²) in [4.78, 5) is 0. The molecule has 0 bridgehead atoms. The summed E-state index contributed by atoms with van der Waals surface area (Å²) in [6.45, 7) is 1.85. The fourth-order valence-corrected chi connectivity index (χ4v) is 2.82. The van der Waals surface area contributed by atoms with Crippen molar-refractivity contribution in [1.29, 1.82) is 0 Å². The largest absolute Gasteiger partial charge is 0.381 e. The van der Waals surface area contributed by atoms with Gasteiger partial charge in [-0.25, -0.2) is 0 Å². The number of ether oxygens (including phenoxy) is 1. The quantitative estimate of drug-likeness (QED) is 0.791. The van der Waals surface area contributed by atoms with Crippen molar-refractivity contribution >= 4 is 15.9 Å². The molecule has 2 fully saturated rings. The lowest BCUT2D eigenvalue weighted by molar-refractivity contribution is 0.194. The third-order valence-electron chi connectivity index (χ3n) is 3.44. The fourth-order valence-electron chi connectivity index (χ4n) is 2.45. The average Bonchev–Trinajstić information content (AvgIpc) is 2.95. The van der Waals surface area contributed by atoms with Crippen LogP contribution in [0.3, 0.4) is 0 Å². The molecule has 0 radical (unpaired) electrons. The Balaban J connectivity index is 1.97. The molecule has 2 heteroatoms. The van der Waals surface area contributed by atoms with E-state index < -0.39 is 0 Å². The Morgan fingerprint density at radius 3 is 2.60 bits per heavy atom. The highest BCUT2D eigenvalue weighted by molar-refractivity contribution is 9.10. The summed E-state index contributed by atoms with van der Waals surface area (Å²) in [5.74, 6) is 1.48. The first-order valence-corrected chi connectivity index (χ1v) is 6.51. The van der Waals surface area contributed by atoms with Crippen LogP contribution in [0.2, 0.25) is 0 Å². The van der Waals surface area contributed by atoms with E-state index in [9.17, 15) is 0 Å². The normalized spacial score (nSPS) is 25.8. The molecule has 3 rings (SSSR count). The van der Waals surface area contributed by atoms with Crippen LogP contribution in [0.5, 0.6) is 0 Å². The van der Waals surface area contributed by atoms with Crippen LogP contribution in [-0.2, 0) is 4.74 Å². The van der Waals surface area contributed by atoms with Gasteiger partial charge in [-0.2, -0.15) is 0 Å². The maximum atomic E-state index is 5.49. The summed E-state index contributed by atoms with van der Waals surface area (Å²) in [7, 11) is 0. The zero-order valence-electron chi connectivity index (χ0n) is 8.71. The van der Waals surface area contributed by atoms with Crippen molar-refractivity contribution in [1.82, 2.24) is 0 Å². The number of hydrogen-bond acceptors (Lipinski definition) is 1. The summed E-state index contributed by atoms with van der Waals surface area (Å²) in [5.41, 5.74) is 3.11. The highest BCUT2D eigenvalue weighted by atomic mass is 79.9. The Labute approximate surface area is 99.0 Å². The minimum Gasteiger partial charge on any atom is -0.381 e. The van der Waals surface area contributed by atoms with Gasteiger partial charge in [0.05, 0.1) is 6.61 Å². The van der Waals surface area contributed by atoms with Gasteiger partial charge in [-0.3, -0.25) is 0 Å². The smallest absolute Gasteiger partial charge is 0.0535 e. The van der Waals surface area contributed by atoms with E-state index in [4.69, 9.17) is 4.74 Å². The summed E-state index contributed by atoms with van der Waals surface area (Å²) in [5, 5.41) is 0. The van der Waals surface area contributed by atoms with Crippen molar-refractivity contribution in [2.45, 2.75) is 31.1 Å². The molecule has 1 saturated heterocycles. The first-order valence-electron chi connectivity index (χ1n) is 5.71.